The molecule has 0 bridgehead atoms. The summed E-state index contributed by atoms with van der Waals surface area (Å²) in [6.45, 7) is 0.772. The number of para-hydroxylation sites is 2. The predicted molar refractivity (Wildman–Crippen MR) is 50.0 cm³/mol. The van der Waals surface area contributed by atoms with E-state index < -0.39 is 0 Å². The number of benzene rings is 1. The van der Waals surface area contributed by atoms with Crippen LogP contribution in [-0.2, 0) is 0 Å². The van der Waals surface area contributed by atoms with Crippen LogP contribution in [0.5, 0.6) is 11.5 Å². The first kappa shape index (κ1) is 8.38. The molecule has 2 rings (SSSR count). The van der Waals surface area contributed by atoms with Gasteiger partial charge in [-0.15, -0.1) is 0 Å². The summed E-state index contributed by atoms with van der Waals surface area (Å²) in [7, 11) is 3.99. The van der Waals surface area contributed by atoms with E-state index in [9.17, 15) is 0 Å². The van der Waals surface area contributed by atoms with Gasteiger partial charge < -0.3 is 14.4 Å². The van der Waals surface area contributed by atoms with Crippen LogP contribution in [0.1, 0.15) is 0 Å². The zero-order valence-electron chi connectivity index (χ0n) is 7.86. The SMILES string of the molecule is CN(C)CC1Oc2ccccc2O1. The van der Waals surface area contributed by atoms with Gasteiger partial charge in [-0.1, -0.05) is 12.1 Å². The third-order valence-corrected chi connectivity index (χ3v) is 1.88. The molecule has 1 aromatic rings. The van der Waals surface area contributed by atoms with Crippen molar-refractivity contribution in [3.8, 4) is 11.5 Å². The fraction of sp³-hybridized carbons (Fsp3) is 0.400. The summed E-state index contributed by atoms with van der Waals surface area (Å²) in [6, 6.07) is 7.73. The maximum absolute atomic E-state index is 5.55. The Morgan fingerprint density at radius 1 is 1.15 bits per heavy atom. The number of likely N-dealkylation sites (N-methyl/N-ethyl adjacent to an activating group) is 1. The van der Waals surface area contributed by atoms with E-state index in [2.05, 4.69) is 0 Å². The van der Waals surface area contributed by atoms with Gasteiger partial charge in [0.25, 0.3) is 6.29 Å². The summed E-state index contributed by atoms with van der Waals surface area (Å²) in [6.07, 6.45) is -0.160. The summed E-state index contributed by atoms with van der Waals surface area (Å²) < 4.78 is 11.1. The highest BCUT2D eigenvalue weighted by molar-refractivity contribution is 5.41. The van der Waals surface area contributed by atoms with Gasteiger partial charge in [0.15, 0.2) is 11.5 Å². The van der Waals surface area contributed by atoms with Crippen molar-refractivity contribution in [2.45, 2.75) is 6.29 Å². The molecule has 1 aromatic carbocycles. The second kappa shape index (κ2) is 3.26. The lowest BCUT2D eigenvalue weighted by atomic mass is 10.3. The van der Waals surface area contributed by atoms with Crippen LogP contribution in [-0.4, -0.2) is 31.8 Å². The molecule has 0 amide bonds. The first-order chi connectivity index (χ1) is 6.25. The summed E-state index contributed by atoms with van der Waals surface area (Å²) in [4.78, 5) is 2.04. The van der Waals surface area contributed by atoms with Gasteiger partial charge in [0.2, 0.25) is 0 Å². The van der Waals surface area contributed by atoms with Crippen LogP contribution in [0.3, 0.4) is 0 Å². The van der Waals surface area contributed by atoms with Gasteiger partial charge in [-0.05, 0) is 26.2 Å². The topological polar surface area (TPSA) is 21.7 Å². The van der Waals surface area contributed by atoms with Crippen molar-refractivity contribution >= 4 is 0 Å². The third-order valence-electron chi connectivity index (χ3n) is 1.88. The van der Waals surface area contributed by atoms with Crippen LogP contribution in [0, 0.1) is 0 Å². The number of rotatable bonds is 2. The van der Waals surface area contributed by atoms with Crippen molar-refractivity contribution in [3.63, 3.8) is 0 Å². The van der Waals surface area contributed by atoms with E-state index >= 15 is 0 Å². The fourth-order valence-electron chi connectivity index (χ4n) is 1.32. The number of hydrogen-bond donors (Lipinski definition) is 0. The molecule has 1 aliphatic rings. The Morgan fingerprint density at radius 3 is 2.15 bits per heavy atom. The van der Waals surface area contributed by atoms with E-state index in [0.29, 0.717) is 0 Å². The van der Waals surface area contributed by atoms with Gasteiger partial charge in [0.1, 0.15) is 0 Å². The van der Waals surface area contributed by atoms with E-state index in [1.54, 1.807) is 0 Å². The summed E-state index contributed by atoms with van der Waals surface area (Å²) in [5, 5.41) is 0. The quantitative estimate of drug-likeness (QED) is 0.684. The third kappa shape index (κ3) is 1.75. The monoisotopic (exact) mass is 179 g/mol. The highest BCUT2D eigenvalue weighted by Gasteiger charge is 2.23. The number of hydrogen-bond acceptors (Lipinski definition) is 3. The zero-order valence-corrected chi connectivity index (χ0v) is 7.86. The number of nitrogens with zero attached hydrogens (tertiary/aromatic N) is 1. The van der Waals surface area contributed by atoms with Crippen LogP contribution in [0.15, 0.2) is 24.3 Å². The van der Waals surface area contributed by atoms with Gasteiger partial charge in [0, 0.05) is 0 Å². The Bertz CT molecular complexity index is 274. The number of ether oxygens (including phenoxy) is 2. The molecule has 1 aliphatic heterocycles. The summed E-state index contributed by atoms with van der Waals surface area (Å²) in [5.74, 6) is 1.68. The van der Waals surface area contributed by atoms with E-state index in [1.165, 1.54) is 0 Å². The van der Waals surface area contributed by atoms with Gasteiger partial charge >= 0.3 is 0 Å². The van der Waals surface area contributed by atoms with Gasteiger partial charge in [-0.25, -0.2) is 0 Å². The maximum atomic E-state index is 5.55. The smallest absolute Gasteiger partial charge is 0.253 e. The molecule has 13 heavy (non-hydrogen) atoms. The normalized spacial score (nSPS) is 15.3. The largest absolute Gasteiger partial charge is 0.450 e. The van der Waals surface area contributed by atoms with E-state index in [4.69, 9.17) is 9.47 Å². The Morgan fingerprint density at radius 2 is 1.69 bits per heavy atom. The zero-order chi connectivity index (χ0) is 9.26. The van der Waals surface area contributed by atoms with E-state index in [-0.39, 0.29) is 6.29 Å². The molecule has 1 heterocycles. The Balaban J connectivity index is 2.05. The highest BCUT2D eigenvalue weighted by Crippen LogP contribution is 2.33. The van der Waals surface area contributed by atoms with Gasteiger partial charge in [-0.2, -0.15) is 0 Å². The molecule has 0 unspecified atom stereocenters. The maximum Gasteiger partial charge on any atom is 0.253 e. The second-order valence-corrected chi connectivity index (χ2v) is 3.37. The minimum Gasteiger partial charge on any atom is -0.450 e. The van der Waals surface area contributed by atoms with Gasteiger partial charge in [0.05, 0.1) is 6.54 Å². The van der Waals surface area contributed by atoms with Crippen molar-refractivity contribution in [2.75, 3.05) is 20.6 Å². The van der Waals surface area contributed by atoms with E-state index in [1.807, 2.05) is 43.3 Å². The molecule has 0 N–H and O–H groups in total. The van der Waals surface area contributed by atoms with Crippen molar-refractivity contribution < 1.29 is 9.47 Å². The molecule has 3 heteroatoms. The lowest BCUT2D eigenvalue weighted by molar-refractivity contribution is 0.0272. The van der Waals surface area contributed by atoms with Crippen LogP contribution in [0.2, 0.25) is 0 Å². The molecule has 0 aromatic heterocycles. The molecule has 0 atom stereocenters. The Kier molecular flexibility index (Phi) is 2.10. The van der Waals surface area contributed by atoms with Gasteiger partial charge in [-0.3, -0.25) is 0 Å². The molecule has 0 saturated heterocycles. The van der Waals surface area contributed by atoms with Crippen molar-refractivity contribution in [1.82, 2.24) is 4.90 Å². The molecule has 0 fully saturated rings. The molecule has 0 saturated carbocycles. The Labute approximate surface area is 77.9 Å². The van der Waals surface area contributed by atoms with Crippen LogP contribution in [0.25, 0.3) is 0 Å². The fourth-order valence-corrected chi connectivity index (χ4v) is 1.32. The minimum atomic E-state index is -0.160. The molecule has 0 aliphatic carbocycles. The van der Waals surface area contributed by atoms with E-state index in [0.717, 1.165) is 18.0 Å². The lowest BCUT2D eigenvalue weighted by Gasteiger charge is -2.14. The first-order valence-corrected chi connectivity index (χ1v) is 4.33. The number of fused-ring (bicyclic) bond motifs is 1. The molecule has 70 valence electrons. The Hall–Kier alpha value is -1.22. The highest BCUT2D eigenvalue weighted by atomic mass is 16.7. The first-order valence-electron chi connectivity index (χ1n) is 4.33. The van der Waals surface area contributed by atoms with Crippen LogP contribution in [0.4, 0.5) is 0 Å². The average molecular weight is 179 g/mol. The average Bonchev–Trinajstić information content (AvgIpc) is 2.44. The molecule has 0 radical (unpaired) electrons. The minimum absolute atomic E-state index is 0.160. The molecular weight excluding hydrogens is 166 g/mol. The van der Waals surface area contributed by atoms with Crippen molar-refractivity contribution in [1.29, 1.82) is 0 Å². The van der Waals surface area contributed by atoms with Crippen LogP contribution < -0.4 is 9.47 Å². The van der Waals surface area contributed by atoms with Crippen molar-refractivity contribution in [2.24, 2.45) is 0 Å². The molecule has 0 spiro atoms. The summed E-state index contributed by atoms with van der Waals surface area (Å²) >= 11 is 0. The standard InChI is InChI=1S/C10H13NO2/c1-11(2)7-10-12-8-5-3-4-6-9(8)13-10/h3-6,10H,7H2,1-2H3. The predicted octanol–water partition coefficient (Wildman–Crippen LogP) is 1.35. The molecule has 3 nitrogen and oxygen atoms in total. The summed E-state index contributed by atoms with van der Waals surface area (Å²) in [5.41, 5.74) is 0. The van der Waals surface area contributed by atoms with Crippen LogP contribution >= 0.6 is 0 Å². The van der Waals surface area contributed by atoms with Crippen molar-refractivity contribution in [3.05, 3.63) is 24.3 Å². The molecular formula is C10H13NO2. The second-order valence-electron chi connectivity index (χ2n) is 3.37. The lowest BCUT2D eigenvalue weighted by Crippen LogP contribution is -2.31.